The standard InChI is InChI=1S/C14H15F3N4S/c1-9-7-10(20-21(9)2)8-18-13(22)19-12-6-4-3-5-11(12)14(15,16)17/h3-7H,8H2,1-2H3,(H2,18,19,22). The zero-order valence-electron chi connectivity index (χ0n) is 12.0. The van der Waals surface area contributed by atoms with Gasteiger partial charge in [-0.1, -0.05) is 12.1 Å². The molecule has 0 saturated heterocycles. The number of benzene rings is 1. The highest BCUT2D eigenvalue weighted by Crippen LogP contribution is 2.34. The van der Waals surface area contributed by atoms with Crippen molar-refractivity contribution in [1.82, 2.24) is 15.1 Å². The van der Waals surface area contributed by atoms with Crippen molar-refractivity contribution in [3.05, 3.63) is 47.3 Å². The van der Waals surface area contributed by atoms with Crippen LogP contribution in [0.5, 0.6) is 0 Å². The average Bonchev–Trinajstić information content (AvgIpc) is 2.75. The summed E-state index contributed by atoms with van der Waals surface area (Å²) in [6.45, 7) is 2.24. The maximum atomic E-state index is 12.9. The zero-order valence-corrected chi connectivity index (χ0v) is 12.8. The number of nitrogens with zero attached hydrogens (tertiary/aromatic N) is 2. The van der Waals surface area contributed by atoms with Crippen LogP contribution in [-0.4, -0.2) is 14.9 Å². The van der Waals surface area contributed by atoms with Gasteiger partial charge in [-0.05, 0) is 37.3 Å². The molecule has 0 atom stereocenters. The Labute approximate surface area is 131 Å². The van der Waals surface area contributed by atoms with Crippen molar-refractivity contribution in [2.24, 2.45) is 7.05 Å². The molecule has 8 heteroatoms. The highest BCUT2D eigenvalue weighted by atomic mass is 32.1. The third-order valence-electron chi connectivity index (χ3n) is 3.08. The van der Waals surface area contributed by atoms with E-state index in [-0.39, 0.29) is 10.8 Å². The summed E-state index contributed by atoms with van der Waals surface area (Å²) in [6.07, 6.45) is -4.43. The van der Waals surface area contributed by atoms with Crippen molar-refractivity contribution in [2.45, 2.75) is 19.6 Å². The summed E-state index contributed by atoms with van der Waals surface area (Å²) in [5.41, 5.74) is 0.906. The minimum absolute atomic E-state index is 0.0790. The molecule has 2 N–H and O–H groups in total. The molecule has 2 aromatic rings. The molecular formula is C14H15F3N4S. The second-order valence-corrected chi connectivity index (χ2v) is 5.16. The van der Waals surface area contributed by atoms with E-state index in [0.29, 0.717) is 6.54 Å². The fourth-order valence-corrected chi connectivity index (χ4v) is 2.08. The number of alkyl halides is 3. The number of halogens is 3. The van der Waals surface area contributed by atoms with Crippen molar-refractivity contribution in [3.8, 4) is 0 Å². The summed E-state index contributed by atoms with van der Waals surface area (Å²) < 4.78 is 40.4. The van der Waals surface area contributed by atoms with Crippen LogP contribution < -0.4 is 10.6 Å². The van der Waals surface area contributed by atoms with Gasteiger partial charge in [0.05, 0.1) is 23.5 Å². The molecule has 0 spiro atoms. The fraction of sp³-hybridized carbons (Fsp3) is 0.286. The van der Waals surface area contributed by atoms with Gasteiger partial charge in [-0.3, -0.25) is 4.68 Å². The summed E-state index contributed by atoms with van der Waals surface area (Å²) >= 11 is 5.03. The van der Waals surface area contributed by atoms with Gasteiger partial charge < -0.3 is 10.6 Å². The van der Waals surface area contributed by atoms with Crippen LogP contribution in [0.1, 0.15) is 17.0 Å². The first-order chi connectivity index (χ1) is 10.3. The normalized spacial score (nSPS) is 11.3. The Morgan fingerprint density at radius 3 is 2.59 bits per heavy atom. The van der Waals surface area contributed by atoms with Crippen LogP contribution in [0.25, 0.3) is 0 Å². The van der Waals surface area contributed by atoms with E-state index >= 15 is 0 Å². The molecule has 0 aliphatic rings. The molecule has 0 radical (unpaired) electrons. The Bertz CT molecular complexity index is 659. The predicted molar refractivity (Wildman–Crippen MR) is 82.4 cm³/mol. The Balaban J connectivity index is 2.01. The molecule has 0 aliphatic heterocycles. The first-order valence-electron chi connectivity index (χ1n) is 6.48. The molecule has 118 valence electrons. The first kappa shape index (κ1) is 16.3. The number of para-hydroxylation sites is 1. The van der Waals surface area contributed by atoms with Crippen molar-refractivity contribution in [1.29, 1.82) is 0 Å². The van der Waals surface area contributed by atoms with E-state index in [1.54, 1.807) is 4.68 Å². The van der Waals surface area contributed by atoms with Crippen LogP contribution in [0.2, 0.25) is 0 Å². The summed E-state index contributed by atoms with van der Waals surface area (Å²) in [5, 5.41) is 9.76. The van der Waals surface area contributed by atoms with E-state index in [1.165, 1.54) is 18.2 Å². The van der Waals surface area contributed by atoms with Crippen molar-refractivity contribution in [3.63, 3.8) is 0 Å². The van der Waals surface area contributed by atoms with Crippen LogP contribution in [0.4, 0.5) is 18.9 Å². The highest BCUT2D eigenvalue weighted by molar-refractivity contribution is 7.80. The van der Waals surface area contributed by atoms with Crippen molar-refractivity contribution in [2.75, 3.05) is 5.32 Å². The molecule has 0 bridgehead atoms. The third-order valence-corrected chi connectivity index (χ3v) is 3.32. The van der Waals surface area contributed by atoms with Gasteiger partial charge in [-0.2, -0.15) is 18.3 Å². The molecule has 0 aliphatic carbocycles. The topological polar surface area (TPSA) is 41.9 Å². The molecule has 0 saturated carbocycles. The molecule has 0 amide bonds. The number of rotatable bonds is 3. The molecule has 1 aromatic heterocycles. The molecule has 0 fully saturated rings. The van der Waals surface area contributed by atoms with Crippen LogP contribution >= 0.6 is 12.2 Å². The number of aromatic nitrogens is 2. The Kier molecular flexibility index (Phi) is 4.70. The Morgan fingerprint density at radius 1 is 1.32 bits per heavy atom. The minimum atomic E-state index is -4.43. The van der Waals surface area contributed by atoms with Gasteiger partial charge in [0, 0.05) is 12.7 Å². The van der Waals surface area contributed by atoms with E-state index in [1.807, 2.05) is 20.0 Å². The SMILES string of the molecule is Cc1cc(CNC(=S)Nc2ccccc2C(F)(F)F)nn1C. The van der Waals surface area contributed by atoms with Crippen LogP contribution in [0, 0.1) is 6.92 Å². The van der Waals surface area contributed by atoms with Gasteiger partial charge in [0.1, 0.15) is 0 Å². The first-order valence-corrected chi connectivity index (χ1v) is 6.89. The molecule has 22 heavy (non-hydrogen) atoms. The second-order valence-electron chi connectivity index (χ2n) is 4.75. The number of anilines is 1. The Hall–Kier alpha value is -2.09. The van der Waals surface area contributed by atoms with Crippen molar-refractivity contribution >= 4 is 23.0 Å². The van der Waals surface area contributed by atoms with Gasteiger partial charge in [-0.25, -0.2) is 0 Å². The number of aryl methyl sites for hydroxylation is 2. The summed E-state index contributed by atoms with van der Waals surface area (Å²) in [4.78, 5) is 0. The van der Waals surface area contributed by atoms with Crippen LogP contribution in [0.3, 0.4) is 0 Å². The number of hydrogen-bond donors (Lipinski definition) is 2. The summed E-state index contributed by atoms with van der Waals surface area (Å²) in [6, 6.07) is 7.07. The largest absolute Gasteiger partial charge is 0.418 e. The fourth-order valence-electron chi connectivity index (χ4n) is 1.90. The zero-order chi connectivity index (χ0) is 16.3. The lowest BCUT2D eigenvalue weighted by Crippen LogP contribution is -2.29. The van der Waals surface area contributed by atoms with E-state index < -0.39 is 11.7 Å². The summed E-state index contributed by atoms with van der Waals surface area (Å²) in [7, 11) is 1.81. The van der Waals surface area contributed by atoms with Gasteiger partial charge in [0.15, 0.2) is 5.11 Å². The van der Waals surface area contributed by atoms with E-state index in [0.717, 1.165) is 17.5 Å². The number of hydrogen-bond acceptors (Lipinski definition) is 2. The number of thiocarbonyl (C=S) groups is 1. The molecular weight excluding hydrogens is 313 g/mol. The monoisotopic (exact) mass is 328 g/mol. The molecule has 1 heterocycles. The second kappa shape index (κ2) is 6.35. The van der Waals surface area contributed by atoms with Crippen molar-refractivity contribution < 1.29 is 13.2 Å². The van der Waals surface area contributed by atoms with Crippen LogP contribution in [0.15, 0.2) is 30.3 Å². The third kappa shape index (κ3) is 3.97. The quantitative estimate of drug-likeness (QED) is 0.849. The minimum Gasteiger partial charge on any atom is -0.357 e. The van der Waals surface area contributed by atoms with Gasteiger partial charge in [-0.15, -0.1) is 0 Å². The Morgan fingerprint density at radius 2 is 2.00 bits per heavy atom. The summed E-state index contributed by atoms with van der Waals surface area (Å²) in [5.74, 6) is 0. The molecule has 1 aromatic carbocycles. The number of nitrogens with one attached hydrogen (secondary N) is 2. The molecule has 2 rings (SSSR count). The van der Waals surface area contributed by atoms with Gasteiger partial charge in [0.2, 0.25) is 0 Å². The maximum absolute atomic E-state index is 12.9. The average molecular weight is 328 g/mol. The lowest BCUT2D eigenvalue weighted by Gasteiger charge is -2.15. The van der Waals surface area contributed by atoms with E-state index in [4.69, 9.17) is 12.2 Å². The van der Waals surface area contributed by atoms with Crippen LogP contribution in [-0.2, 0) is 19.8 Å². The predicted octanol–water partition coefficient (Wildman–Crippen LogP) is 3.23. The van der Waals surface area contributed by atoms with Gasteiger partial charge >= 0.3 is 6.18 Å². The van der Waals surface area contributed by atoms with E-state index in [2.05, 4.69) is 15.7 Å². The van der Waals surface area contributed by atoms with Gasteiger partial charge in [0.25, 0.3) is 0 Å². The smallest absolute Gasteiger partial charge is 0.357 e. The molecule has 4 nitrogen and oxygen atoms in total. The lowest BCUT2D eigenvalue weighted by molar-refractivity contribution is -0.136. The van der Waals surface area contributed by atoms with E-state index in [9.17, 15) is 13.2 Å². The maximum Gasteiger partial charge on any atom is 0.418 e. The lowest BCUT2D eigenvalue weighted by atomic mass is 10.1. The highest BCUT2D eigenvalue weighted by Gasteiger charge is 2.33. The molecule has 0 unspecified atom stereocenters.